The molecular weight excluding hydrogens is 801 g/mol. The lowest BCUT2D eigenvalue weighted by Crippen LogP contribution is -2.17. The van der Waals surface area contributed by atoms with Gasteiger partial charge in [0.15, 0.2) is 11.6 Å². The van der Waals surface area contributed by atoms with Crippen LogP contribution in [0.3, 0.4) is 0 Å². The van der Waals surface area contributed by atoms with Gasteiger partial charge in [-0.25, -0.2) is 9.97 Å². The van der Waals surface area contributed by atoms with Crippen molar-refractivity contribution in [3.63, 3.8) is 0 Å². The van der Waals surface area contributed by atoms with E-state index in [1.807, 2.05) is 24.3 Å². The predicted octanol–water partition coefficient (Wildman–Crippen LogP) is 13.7. The first-order valence-corrected chi connectivity index (χ1v) is 21.7. The van der Waals surface area contributed by atoms with Crippen LogP contribution in [-0.2, 0) is 0 Å². The number of rotatable bonds is 6. The molecule has 8 bridgehead atoms. The maximum atomic E-state index is 14.2. The van der Waals surface area contributed by atoms with E-state index in [4.69, 9.17) is 14.7 Å². The first-order valence-electron chi connectivity index (χ1n) is 21.7. The zero-order chi connectivity index (χ0) is 44.3. The fourth-order valence-corrected chi connectivity index (χ4v) is 9.20. The van der Waals surface area contributed by atoms with E-state index in [1.165, 1.54) is 18.7 Å². The molecule has 3 aliphatic rings. The molecule has 0 amide bonds. The smallest absolute Gasteiger partial charge is 0.194 e. The number of benzene rings is 5. The molecule has 65 heavy (non-hydrogen) atoms. The van der Waals surface area contributed by atoms with E-state index in [0.717, 1.165) is 100 Å². The molecule has 0 radical (unpaired) electrons. The van der Waals surface area contributed by atoms with Crippen LogP contribution in [0.4, 0.5) is 0 Å². The van der Waals surface area contributed by atoms with Crippen molar-refractivity contribution in [2.75, 3.05) is 7.11 Å². The van der Waals surface area contributed by atoms with Crippen molar-refractivity contribution in [1.29, 1.82) is 0 Å². The number of carbonyl (C=O) groups excluding carboxylic acids is 2. The van der Waals surface area contributed by atoms with Crippen molar-refractivity contribution in [2.24, 2.45) is 0 Å². The van der Waals surface area contributed by atoms with Crippen LogP contribution < -0.4 is 4.74 Å². The number of Topliss-reactive ketones (excluding diaryl/α,β-unsaturated/α-hetero) is 1. The molecule has 0 unspecified atom stereocenters. The SMILES string of the molecule is COc1cccc2c1C(=O)C=C(c1cccc(-c3c4nc(c(-c5ccc(C)cc5)c5ccc([nH]5)c(-c5ccc(C)cc5)c5nc(c(-c6ccc(C)cc6)c6ccc3[nH]6)C=C5)C=C4)c1)C2=O. The van der Waals surface area contributed by atoms with E-state index in [1.54, 1.807) is 18.2 Å². The summed E-state index contributed by atoms with van der Waals surface area (Å²) in [5.41, 5.74) is 19.5. The van der Waals surface area contributed by atoms with E-state index < -0.39 is 0 Å². The van der Waals surface area contributed by atoms with Gasteiger partial charge < -0.3 is 14.7 Å². The molecular formula is C58H42N4O3. The average molecular weight is 843 g/mol. The Morgan fingerprint density at radius 3 is 1.26 bits per heavy atom. The maximum absolute atomic E-state index is 14.2. The van der Waals surface area contributed by atoms with Gasteiger partial charge in [-0.05, 0) is 115 Å². The number of ether oxygens (including phenoxy) is 1. The number of aromatic nitrogens is 4. The van der Waals surface area contributed by atoms with Crippen molar-refractivity contribution in [3.8, 4) is 50.3 Å². The molecule has 312 valence electrons. The summed E-state index contributed by atoms with van der Waals surface area (Å²) in [5.74, 6) is -0.131. The topological polar surface area (TPSA) is 101 Å². The van der Waals surface area contributed by atoms with Gasteiger partial charge in [0.25, 0.3) is 0 Å². The summed E-state index contributed by atoms with van der Waals surface area (Å²) in [4.78, 5) is 46.4. The molecule has 3 aromatic heterocycles. The van der Waals surface area contributed by atoms with Gasteiger partial charge in [0.1, 0.15) is 5.75 Å². The summed E-state index contributed by atoms with van der Waals surface area (Å²) in [7, 11) is 1.50. The summed E-state index contributed by atoms with van der Waals surface area (Å²) in [6.07, 6.45) is 9.78. The normalized spacial score (nSPS) is 13.0. The molecule has 0 saturated heterocycles. The number of aryl methyl sites for hydroxylation is 3. The molecule has 11 rings (SSSR count). The Labute approximate surface area is 376 Å². The van der Waals surface area contributed by atoms with Gasteiger partial charge in [0, 0.05) is 55.5 Å². The van der Waals surface area contributed by atoms with Crippen LogP contribution in [0.5, 0.6) is 5.75 Å². The quantitative estimate of drug-likeness (QED) is 0.174. The highest BCUT2D eigenvalue weighted by atomic mass is 16.5. The Bertz CT molecular complexity index is 3520. The number of aromatic amines is 2. The maximum Gasteiger partial charge on any atom is 0.194 e. The summed E-state index contributed by atoms with van der Waals surface area (Å²) < 4.78 is 5.48. The number of nitrogens with zero attached hydrogens (tertiary/aromatic N) is 2. The number of allylic oxidation sites excluding steroid dienone is 2. The third-order valence-corrected chi connectivity index (χ3v) is 12.5. The van der Waals surface area contributed by atoms with Crippen molar-refractivity contribution in [3.05, 3.63) is 202 Å². The van der Waals surface area contributed by atoms with E-state index in [0.29, 0.717) is 22.4 Å². The van der Waals surface area contributed by atoms with Crippen LogP contribution in [0.2, 0.25) is 0 Å². The minimum Gasteiger partial charge on any atom is -0.496 e. The van der Waals surface area contributed by atoms with Crippen LogP contribution in [0.1, 0.15) is 65.7 Å². The van der Waals surface area contributed by atoms with Gasteiger partial charge in [0.05, 0.1) is 35.4 Å². The number of hydrogen-bond donors (Lipinski definition) is 2. The van der Waals surface area contributed by atoms with Gasteiger partial charge in [-0.15, -0.1) is 0 Å². The Kier molecular flexibility index (Phi) is 9.54. The summed E-state index contributed by atoms with van der Waals surface area (Å²) in [6, 6.07) is 47.1. The Hall–Kier alpha value is -8.42. The fraction of sp³-hybridized carbons (Fsp3) is 0.0690. The van der Waals surface area contributed by atoms with E-state index in [9.17, 15) is 9.59 Å². The number of nitrogens with one attached hydrogen (secondary N) is 2. The molecule has 2 N–H and O–H groups in total. The summed E-state index contributed by atoms with van der Waals surface area (Å²) >= 11 is 0. The van der Waals surface area contributed by atoms with Crippen molar-refractivity contribution >= 4 is 63.5 Å². The minimum absolute atomic E-state index is 0.237. The summed E-state index contributed by atoms with van der Waals surface area (Å²) in [5, 5.41) is 0. The van der Waals surface area contributed by atoms with E-state index in [-0.39, 0.29) is 17.1 Å². The Morgan fingerprint density at radius 1 is 0.431 bits per heavy atom. The number of hydrogen-bond acceptors (Lipinski definition) is 5. The number of methoxy groups -OCH3 is 1. The van der Waals surface area contributed by atoms with Gasteiger partial charge >= 0.3 is 0 Å². The zero-order valence-corrected chi connectivity index (χ0v) is 36.3. The lowest BCUT2D eigenvalue weighted by atomic mass is 9.85. The van der Waals surface area contributed by atoms with Crippen LogP contribution >= 0.6 is 0 Å². The molecule has 1 aliphatic carbocycles. The van der Waals surface area contributed by atoms with E-state index >= 15 is 0 Å². The molecule has 0 saturated carbocycles. The first kappa shape index (κ1) is 39.4. The van der Waals surface area contributed by atoms with Gasteiger partial charge in [0.2, 0.25) is 0 Å². The monoisotopic (exact) mass is 842 g/mol. The fourth-order valence-electron chi connectivity index (χ4n) is 9.20. The van der Waals surface area contributed by atoms with Gasteiger partial charge in [-0.2, -0.15) is 0 Å². The number of ketones is 2. The third-order valence-electron chi connectivity index (χ3n) is 12.5. The van der Waals surface area contributed by atoms with Crippen LogP contribution in [-0.4, -0.2) is 38.6 Å². The van der Waals surface area contributed by atoms with E-state index in [2.05, 4.69) is 152 Å². The molecule has 7 nitrogen and oxygen atoms in total. The van der Waals surface area contributed by atoms with Crippen LogP contribution in [0.25, 0.3) is 96.5 Å². The number of fused-ring (bicyclic) bond motifs is 9. The average Bonchev–Trinajstić information content (AvgIpc) is 4.18. The summed E-state index contributed by atoms with van der Waals surface area (Å²) in [6.45, 7) is 6.28. The highest BCUT2D eigenvalue weighted by Gasteiger charge is 2.29. The minimum atomic E-state index is -0.273. The predicted molar refractivity (Wildman–Crippen MR) is 264 cm³/mol. The number of H-pyrrole nitrogens is 2. The zero-order valence-electron chi connectivity index (χ0n) is 36.3. The molecule has 0 spiro atoms. The first-order chi connectivity index (χ1) is 31.7. The lowest BCUT2D eigenvalue weighted by molar-refractivity contribution is 0.0999. The van der Waals surface area contributed by atoms with Crippen LogP contribution in [0, 0.1) is 20.8 Å². The lowest BCUT2D eigenvalue weighted by Gasteiger charge is -2.18. The molecule has 5 aromatic carbocycles. The molecule has 0 atom stereocenters. The van der Waals surface area contributed by atoms with Gasteiger partial charge in [-0.3, -0.25) is 9.59 Å². The molecule has 2 aliphatic heterocycles. The Morgan fingerprint density at radius 2 is 0.831 bits per heavy atom. The van der Waals surface area contributed by atoms with Crippen molar-refractivity contribution in [2.45, 2.75) is 20.8 Å². The number of carbonyl (C=O) groups is 2. The second-order valence-corrected chi connectivity index (χ2v) is 16.8. The largest absolute Gasteiger partial charge is 0.496 e. The molecule has 8 aromatic rings. The van der Waals surface area contributed by atoms with Crippen molar-refractivity contribution < 1.29 is 14.3 Å². The standard InChI is InChI=1S/C58H42N4O3/c1-33-11-17-36(18-12-33)53-43-23-25-45(59-43)54(37-19-13-34(2)14-20-37)47-27-29-49(61-47)56(50-30-28-48(62-50)55(46-26-24-44(53)60-46)38-21-15-35(3)16-22-38)40-8-5-7-39(31-40)42-32-51(63)57-41(58(42)64)9-6-10-52(57)65-4/h5-32,59,62H,1-4H3. The molecule has 0 fully saturated rings. The highest BCUT2D eigenvalue weighted by molar-refractivity contribution is 6.39. The molecule has 5 heterocycles. The van der Waals surface area contributed by atoms with Gasteiger partial charge in [-0.1, -0.05) is 120 Å². The van der Waals surface area contributed by atoms with Crippen molar-refractivity contribution in [1.82, 2.24) is 19.9 Å². The second-order valence-electron chi connectivity index (χ2n) is 16.8. The highest BCUT2D eigenvalue weighted by Crippen LogP contribution is 2.40. The third kappa shape index (κ3) is 6.94. The Balaban J connectivity index is 1.23. The van der Waals surface area contributed by atoms with Crippen LogP contribution in [0.15, 0.2) is 146 Å². The second kappa shape index (κ2) is 15.7. The molecule has 7 heteroatoms.